The smallest absolute Gasteiger partial charge is 0.238 e. The molecule has 1 N–H and O–H groups in total. The van der Waals surface area contributed by atoms with Crippen molar-refractivity contribution in [3.63, 3.8) is 0 Å². The number of rotatable bonds is 8. The number of nitrogens with zero attached hydrogens (tertiary/aromatic N) is 4. The van der Waals surface area contributed by atoms with Crippen LogP contribution in [-0.4, -0.2) is 33.4 Å². The summed E-state index contributed by atoms with van der Waals surface area (Å²) in [6, 6.07) is 6.90. The van der Waals surface area contributed by atoms with Crippen LogP contribution in [0.2, 0.25) is 0 Å². The summed E-state index contributed by atoms with van der Waals surface area (Å²) in [7, 11) is 1.60. The molecule has 1 unspecified atom stereocenters. The van der Waals surface area contributed by atoms with Gasteiger partial charge in [-0.15, -0.1) is 10.2 Å². The Morgan fingerprint density at radius 2 is 1.96 bits per heavy atom. The van der Waals surface area contributed by atoms with Crippen LogP contribution in [0.1, 0.15) is 44.0 Å². The van der Waals surface area contributed by atoms with Gasteiger partial charge in [0.2, 0.25) is 29.4 Å². The van der Waals surface area contributed by atoms with E-state index in [1.54, 1.807) is 26.2 Å². The lowest BCUT2D eigenvalue weighted by Gasteiger charge is -2.16. The van der Waals surface area contributed by atoms with Crippen LogP contribution < -0.4 is 10.1 Å². The molecule has 0 saturated carbocycles. The first-order valence-corrected chi connectivity index (χ1v) is 9.01. The van der Waals surface area contributed by atoms with E-state index >= 15 is 0 Å². The average molecular weight is 385 g/mol. The molecule has 28 heavy (non-hydrogen) atoms. The lowest BCUT2D eigenvalue weighted by Crippen LogP contribution is -2.31. The third-order valence-electron chi connectivity index (χ3n) is 4.01. The second-order valence-corrected chi connectivity index (χ2v) is 6.83. The van der Waals surface area contributed by atoms with Crippen LogP contribution in [0.3, 0.4) is 0 Å². The molecule has 1 aromatic carbocycles. The van der Waals surface area contributed by atoms with Gasteiger partial charge < -0.3 is 19.0 Å². The maximum Gasteiger partial charge on any atom is 0.238 e. The third kappa shape index (κ3) is 4.93. The summed E-state index contributed by atoms with van der Waals surface area (Å²) in [4.78, 5) is 16.8. The average Bonchev–Trinajstić information content (AvgIpc) is 3.30. The molecule has 0 fully saturated rings. The highest BCUT2D eigenvalue weighted by atomic mass is 16.5. The molecule has 0 spiro atoms. The number of ether oxygens (including phenoxy) is 1. The Kier molecular flexibility index (Phi) is 6.03. The Hall–Kier alpha value is -3.23. The van der Waals surface area contributed by atoms with Crippen LogP contribution in [0.4, 0.5) is 0 Å². The van der Waals surface area contributed by atoms with Crippen LogP contribution in [0.25, 0.3) is 11.4 Å². The van der Waals surface area contributed by atoms with Gasteiger partial charge in [0.1, 0.15) is 18.2 Å². The number of carbonyl (C=O) groups excluding carboxylic acids is 1. The maximum atomic E-state index is 12.5. The van der Waals surface area contributed by atoms with E-state index in [1.807, 2.05) is 12.1 Å². The summed E-state index contributed by atoms with van der Waals surface area (Å²) in [5.74, 6) is 2.31. The van der Waals surface area contributed by atoms with Crippen LogP contribution >= 0.6 is 0 Å². The number of carbonyl (C=O) groups is 1. The molecule has 3 rings (SSSR count). The van der Waals surface area contributed by atoms with Gasteiger partial charge in [-0.3, -0.25) is 4.79 Å². The highest BCUT2D eigenvalue weighted by Gasteiger charge is 2.23. The van der Waals surface area contributed by atoms with E-state index in [0.717, 1.165) is 11.3 Å². The van der Waals surface area contributed by atoms with Gasteiger partial charge in [-0.25, -0.2) is 0 Å². The Balaban J connectivity index is 1.65. The van der Waals surface area contributed by atoms with E-state index in [4.69, 9.17) is 13.7 Å². The van der Waals surface area contributed by atoms with Gasteiger partial charge in [0.15, 0.2) is 0 Å². The SMILES string of the molecule is COc1ccc(-c2noc(CC(=O)NC(CC(C)C)c3nnc(C)o3)n2)cc1. The minimum Gasteiger partial charge on any atom is -0.497 e. The topological polar surface area (TPSA) is 116 Å². The molecular formula is C19H23N5O4. The molecule has 0 radical (unpaired) electrons. The zero-order chi connectivity index (χ0) is 20.1. The van der Waals surface area contributed by atoms with Gasteiger partial charge in [-0.1, -0.05) is 19.0 Å². The molecule has 0 aliphatic carbocycles. The molecule has 9 nitrogen and oxygen atoms in total. The quantitative estimate of drug-likeness (QED) is 0.629. The summed E-state index contributed by atoms with van der Waals surface area (Å²) >= 11 is 0. The first kappa shape index (κ1) is 19.5. The number of hydrogen-bond acceptors (Lipinski definition) is 8. The van der Waals surface area contributed by atoms with Crippen molar-refractivity contribution >= 4 is 5.91 Å². The minimum atomic E-state index is -0.363. The predicted octanol–water partition coefficient (Wildman–Crippen LogP) is 2.88. The van der Waals surface area contributed by atoms with Gasteiger partial charge in [0.05, 0.1) is 7.11 Å². The number of benzene rings is 1. The number of aromatic nitrogens is 4. The van der Waals surface area contributed by atoms with Crippen molar-refractivity contribution in [2.45, 2.75) is 39.7 Å². The van der Waals surface area contributed by atoms with E-state index < -0.39 is 0 Å². The zero-order valence-corrected chi connectivity index (χ0v) is 16.3. The largest absolute Gasteiger partial charge is 0.497 e. The second-order valence-electron chi connectivity index (χ2n) is 6.83. The van der Waals surface area contributed by atoms with Gasteiger partial charge >= 0.3 is 0 Å². The standard InChI is InChI=1S/C19H23N5O4/c1-11(2)9-15(19-23-22-12(3)27-19)20-16(25)10-17-21-18(24-28-17)13-5-7-14(26-4)8-6-13/h5-8,11,15H,9-10H2,1-4H3,(H,20,25). The molecule has 0 aliphatic rings. The molecule has 2 heterocycles. The van der Waals surface area contributed by atoms with E-state index in [9.17, 15) is 4.79 Å². The molecule has 1 amide bonds. The fraction of sp³-hybridized carbons (Fsp3) is 0.421. The highest BCUT2D eigenvalue weighted by Crippen LogP contribution is 2.22. The molecule has 0 aliphatic heterocycles. The van der Waals surface area contributed by atoms with E-state index in [2.05, 4.69) is 39.5 Å². The predicted molar refractivity (Wildman–Crippen MR) is 99.4 cm³/mol. The fourth-order valence-electron chi connectivity index (χ4n) is 2.71. The Labute approximate surface area is 162 Å². The Bertz CT molecular complexity index is 917. The normalized spacial score (nSPS) is 12.2. The van der Waals surface area contributed by atoms with E-state index in [1.165, 1.54) is 0 Å². The highest BCUT2D eigenvalue weighted by molar-refractivity contribution is 5.78. The van der Waals surface area contributed by atoms with E-state index in [-0.39, 0.29) is 24.3 Å². The number of aryl methyl sites for hydroxylation is 1. The molecule has 1 atom stereocenters. The molecule has 3 aromatic rings. The third-order valence-corrected chi connectivity index (χ3v) is 4.01. The molecule has 148 valence electrons. The lowest BCUT2D eigenvalue weighted by molar-refractivity contribution is -0.121. The Morgan fingerprint density at radius 3 is 2.57 bits per heavy atom. The van der Waals surface area contributed by atoms with Crippen molar-refractivity contribution in [1.82, 2.24) is 25.7 Å². The monoisotopic (exact) mass is 385 g/mol. The number of hydrogen-bond donors (Lipinski definition) is 1. The van der Waals surface area contributed by atoms with Crippen molar-refractivity contribution < 1.29 is 18.5 Å². The minimum absolute atomic E-state index is 0.0368. The van der Waals surface area contributed by atoms with Gasteiger partial charge in [0, 0.05) is 12.5 Å². The van der Waals surface area contributed by atoms with Gasteiger partial charge in [-0.2, -0.15) is 4.98 Å². The summed E-state index contributed by atoms with van der Waals surface area (Å²) in [5, 5.41) is 14.7. The molecule has 0 bridgehead atoms. The number of nitrogens with one attached hydrogen (secondary N) is 1. The number of methoxy groups -OCH3 is 1. The molecular weight excluding hydrogens is 362 g/mol. The van der Waals surface area contributed by atoms with Crippen molar-refractivity contribution in [2.75, 3.05) is 7.11 Å². The molecule has 2 aromatic heterocycles. The van der Waals surface area contributed by atoms with Gasteiger partial charge in [-0.05, 0) is 36.6 Å². The summed E-state index contributed by atoms with van der Waals surface area (Å²) in [6.45, 7) is 5.83. The second kappa shape index (κ2) is 8.64. The van der Waals surface area contributed by atoms with Crippen molar-refractivity contribution in [1.29, 1.82) is 0 Å². The zero-order valence-electron chi connectivity index (χ0n) is 16.3. The lowest BCUT2D eigenvalue weighted by atomic mass is 10.0. The molecule has 9 heteroatoms. The maximum absolute atomic E-state index is 12.5. The van der Waals surface area contributed by atoms with Crippen molar-refractivity contribution in [3.05, 3.63) is 41.9 Å². The number of amides is 1. The first-order chi connectivity index (χ1) is 13.4. The first-order valence-electron chi connectivity index (χ1n) is 9.01. The van der Waals surface area contributed by atoms with Crippen LogP contribution in [0, 0.1) is 12.8 Å². The van der Waals surface area contributed by atoms with Crippen molar-refractivity contribution in [3.8, 4) is 17.1 Å². The Morgan fingerprint density at radius 1 is 1.21 bits per heavy atom. The summed E-state index contributed by atoms with van der Waals surface area (Å²) in [6.07, 6.45) is 0.638. The van der Waals surface area contributed by atoms with E-state index in [0.29, 0.717) is 29.9 Å². The molecule has 0 saturated heterocycles. The van der Waals surface area contributed by atoms with Gasteiger partial charge in [0.25, 0.3) is 0 Å². The van der Waals surface area contributed by atoms with Crippen molar-refractivity contribution in [2.24, 2.45) is 5.92 Å². The summed E-state index contributed by atoms with van der Waals surface area (Å²) < 4.78 is 15.8. The summed E-state index contributed by atoms with van der Waals surface area (Å²) in [5.41, 5.74) is 0.773. The fourth-order valence-corrected chi connectivity index (χ4v) is 2.71. The van der Waals surface area contributed by atoms with Crippen LogP contribution in [0.15, 0.2) is 33.2 Å². The van der Waals surface area contributed by atoms with Crippen LogP contribution in [0.5, 0.6) is 5.75 Å². The van der Waals surface area contributed by atoms with Crippen LogP contribution in [-0.2, 0) is 11.2 Å².